The average molecular weight is 463 g/mol. The van der Waals surface area contributed by atoms with E-state index in [9.17, 15) is 9.59 Å². The largest absolute Gasteiger partial charge is 0.463 e. The highest BCUT2D eigenvalue weighted by molar-refractivity contribution is 6.33. The van der Waals surface area contributed by atoms with Gasteiger partial charge in [0.05, 0.1) is 11.6 Å². The third-order valence-corrected chi connectivity index (χ3v) is 6.51. The van der Waals surface area contributed by atoms with Gasteiger partial charge in [0, 0.05) is 43.9 Å². The molecule has 0 radical (unpaired) electrons. The molecule has 32 heavy (non-hydrogen) atoms. The predicted octanol–water partition coefficient (Wildman–Crippen LogP) is 3.69. The number of nitrogens with one attached hydrogen (secondary N) is 1. The van der Waals surface area contributed by atoms with Crippen LogP contribution in [-0.2, 0) is 14.3 Å². The van der Waals surface area contributed by atoms with E-state index in [2.05, 4.69) is 29.3 Å². The van der Waals surface area contributed by atoms with Crippen LogP contribution in [0, 0.1) is 11.8 Å². The molecule has 1 aliphatic carbocycles. The number of anilines is 1. The van der Waals surface area contributed by atoms with Gasteiger partial charge < -0.3 is 19.9 Å². The number of rotatable bonds is 8. The van der Waals surface area contributed by atoms with E-state index in [1.807, 2.05) is 4.90 Å². The molecule has 7 nitrogen and oxygen atoms in total. The van der Waals surface area contributed by atoms with Crippen LogP contribution in [0.1, 0.15) is 44.6 Å². The monoisotopic (exact) mass is 462 g/mol. The van der Waals surface area contributed by atoms with Crippen LogP contribution >= 0.6 is 11.6 Å². The second-order valence-corrected chi connectivity index (χ2v) is 9.49. The van der Waals surface area contributed by atoms with Gasteiger partial charge >= 0.3 is 5.97 Å². The highest BCUT2D eigenvalue weighted by Gasteiger charge is 2.33. The van der Waals surface area contributed by atoms with Crippen LogP contribution in [0.4, 0.5) is 5.82 Å². The molecule has 1 saturated heterocycles. The lowest BCUT2D eigenvalue weighted by Gasteiger charge is -2.31. The Morgan fingerprint density at radius 2 is 2.03 bits per heavy atom. The first-order valence-electron chi connectivity index (χ1n) is 11.6. The number of carbonyl (C=O) groups excluding carboxylic acids is 2. The van der Waals surface area contributed by atoms with Crippen LogP contribution in [0.25, 0.3) is 6.08 Å². The molecular formula is C24H35ClN4O3. The van der Waals surface area contributed by atoms with Crippen molar-refractivity contribution in [3.8, 4) is 0 Å². The Morgan fingerprint density at radius 3 is 2.69 bits per heavy atom. The number of hydrogen-bond donors (Lipinski definition) is 1. The molecule has 1 atom stereocenters. The number of carbonyl (C=O) groups is 2. The van der Waals surface area contributed by atoms with E-state index in [1.165, 1.54) is 6.08 Å². The van der Waals surface area contributed by atoms with E-state index in [-0.39, 0.29) is 12.0 Å². The Labute approximate surface area is 196 Å². The molecule has 1 N–H and O–H groups in total. The van der Waals surface area contributed by atoms with Gasteiger partial charge in [0.15, 0.2) is 0 Å². The zero-order valence-electron chi connectivity index (χ0n) is 19.3. The van der Waals surface area contributed by atoms with Crippen molar-refractivity contribution >= 4 is 35.4 Å². The van der Waals surface area contributed by atoms with Crippen LogP contribution in [0.3, 0.4) is 0 Å². The minimum atomic E-state index is -0.396. The summed E-state index contributed by atoms with van der Waals surface area (Å²) in [5.41, 5.74) is 0.724. The molecule has 0 spiro atoms. The fourth-order valence-corrected chi connectivity index (χ4v) is 4.87. The Morgan fingerprint density at radius 1 is 1.28 bits per heavy atom. The standard InChI is InChI=1S/C24H35ClN4O3/c1-4-32-22(30)10-7-18-13-21(25)23(26-14-18)27-20-11-12-29(16-20)24(31)19-8-5-17(6-9-19)15-28(2)3/h7,10,13-14,17,19-20H,4-6,8-9,11-12,15-16H2,1-3H3,(H,26,27)/b10-7+/t17?,19?,20-/m1/s1. The third-order valence-electron chi connectivity index (χ3n) is 6.22. The smallest absolute Gasteiger partial charge is 0.330 e. The van der Waals surface area contributed by atoms with E-state index in [0.29, 0.717) is 35.8 Å². The highest BCUT2D eigenvalue weighted by atomic mass is 35.5. The molecule has 176 valence electrons. The molecule has 2 aliphatic rings. The number of esters is 1. The Balaban J connectivity index is 1.48. The summed E-state index contributed by atoms with van der Waals surface area (Å²) in [6, 6.07) is 1.89. The summed E-state index contributed by atoms with van der Waals surface area (Å²) in [4.78, 5) is 33.1. The number of aromatic nitrogens is 1. The van der Waals surface area contributed by atoms with Crippen LogP contribution in [0.5, 0.6) is 0 Å². The van der Waals surface area contributed by atoms with Crippen molar-refractivity contribution in [1.82, 2.24) is 14.8 Å². The number of likely N-dealkylation sites (tertiary alicyclic amines) is 1. The molecule has 1 amide bonds. The van der Waals surface area contributed by atoms with E-state index < -0.39 is 5.97 Å². The van der Waals surface area contributed by atoms with Crippen LogP contribution in [-0.4, -0.2) is 73.0 Å². The van der Waals surface area contributed by atoms with Crippen molar-refractivity contribution in [3.63, 3.8) is 0 Å². The maximum absolute atomic E-state index is 13.0. The molecule has 8 heteroatoms. The van der Waals surface area contributed by atoms with Crippen molar-refractivity contribution in [2.75, 3.05) is 45.7 Å². The number of nitrogens with zero attached hydrogens (tertiary/aromatic N) is 3. The van der Waals surface area contributed by atoms with Crippen LogP contribution in [0.2, 0.25) is 5.02 Å². The molecule has 1 saturated carbocycles. The van der Waals surface area contributed by atoms with Gasteiger partial charge in [-0.1, -0.05) is 11.6 Å². The summed E-state index contributed by atoms with van der Waals surface area (Å²) in [5.74, 6) is 1.39. The van der Waals surface area contributed by atoms with Gasteiger partial charge in [-0.2, -0.15) is 0 Å². The van der Waals surface area contributed by atoms with Gasteiger partial charge in [-0.25, -0.2) is 9.78 Å². The van der Waals surface area contributed by atoms with Crippen molar-refractivity contribution in [2.24, 2.45) is 11.8 Å². The van der Waals surface area contributed by atoms with Crippen molar-refractivity contribution in [2.45, 2.75) is 45.1 Å². The third kappa shape index (κ3) is 6.94. The normalized spacial score (nSPS) is 23.7. The van der Waals surface area contributed by atoms with Crippen LogP contribution in [0.15, 0.2) is 18.3 Å². The lowest BCUT2D eigenvalue weighted by molar-refractivity contribution is -0.137. The highest BCUT2D eigenvalue weighted by Crippen LogP contribution is 2.31. The van der Waals surface area contributed by atoms with Gasteiger partial charge in [0.2, 0.25) is 5.91 Å². The SMILES string of the molecule is CCOC(=O)/C=C/c1cnc(N[C@@H]2CCN(C(=O)C3CCC(CN(C)C)CC3)C2)c(Cl)c1. The summed E-state index contributed by atoms with van der Waals surface area (Å²) >= 11 is 6.40. The summed E-state index contributed by atoms with van der Waals surface area (Å²) < 4.78 is 4.87. The molecule has 1 aromatic heterocycles. The van der Waals surface area contributed by atoms with E-state index in [0.717, 1.165) is 50.8 Å². The van der Waals surface area contributed by atoms with Gasteiger partial charge in [-0.05, 0) is 76.7 Å². The minimum Gasteiger partial charge on any atom is -0.463 e. The molecule has 1 aromatic rings. The Bertz CT molecular complexity index is 821. The maximum atomic E-state index is 13.0. The predicted molar refractivity (Wildman–Crippen MR) is 128 cm³/mol. The molecule has 3 rings (SSSR count). The average Bonchev–Trinajstić information content (AvgIpc) is 3.22. The fraction of sp³-hybridized carbons (Fsp3) is 0.625. The Kier molecular flexibility index (Phi) is 8.93. The number of ether oxygens (including phenoxy) is 1. The van der Waals surface area contributed by atoms with Gasteiger partial charge in [0.25, 0.3) is 0 Å². The van der Waals surface area contributed by atoms with Gasteiger partial charge in [-0.3, -0.25) is 4.79 Å². The van der Waals surface area contributed by atoms with E-state index in [4.69, 9.17) is 16.3 Å². The number of halogens is 1. The Hall–Kier alpha value is -2.12. The lowest BCUT2D eigenvalue weighted by atomic mass is 9.81. The number of pyridine rings is 1. The molecular weight excluding hydrogens is 428 g/mol. The van der Waals surface area contributed by atoms with Gasteiger partial charge in [-0.15, -0.1) is 0 Å². The quantitative estimate of drug-likeness (QED) is 0.469. The second-order valence-electron chi connectivity index (χ2n) is 9.08. The van der Waals surface area contributed by atoms with E-state index >= 15 is 0 Å². The lowest BCUT2D eigenvalue weighted by Crippen LogP contribution is -2.38. The molecule has 0 aromatic carbocycles. The van der Waals surface area contributed by atoms with Crippen molar-refractivity contribution in [1.29, 1.82) is 0 Å². The summed E-state index contributed by atoms with van der Waals surface area (Å²) in [6.07, 6.45) is 9.81. The summed E-state index contributed by atoms with van der Waals surface area (Å²) in [5, 5.41) is 3.87. The van der Waals surface area contributed by atoms with Crippen molar-refractivity contribution in [3.05, 3.63) is 28.9 Å². The summed E-state index contributed by atoms with van der Waals surface area (Å²) in [7, 11) is 4.23. The first kappa shape index (κ1) is 24.5. The second kappa shape index (κ2) is 11.7. The van der Waals surface area contributed by atoms with Crippen LogP contribution < -0.4 is 5.32 Å². The van der Waals surface area contributed by atoms with Crippen molar-refractivity contribution < 1.29 is 14.3 Å². The van der Waals surface area contributed by atoms with E-state index in [1.54, 1.807) is 25.3 Å². The van der Waals surface area contributed by atoms with Gasteiger partial charge in [0.1, 0.15) is 5.82 Å². The molecule has 2 fully saturated rings. The topological polar surface area (TPSA) is 74.8 Å². The zero-order valence-corrected chi connectivity index (χ0v) is 20.1. The first-order valence-corrected chi connectivity index (χ1v) is 11.9. The molecule has 0 unspecified atom stereocenters. The molecule has 2 heterocycles. The fourth-order valence-electron chi connectivity index (χ4n) is 4.64. The molecule has 0 bridgehead atoms. The number of amides is 1. The minimum absolute atomic E-state index is 0.134. The summed E-state index contributed by atoms with van der Waals surface area (Å²) in [6.45, 7) is 4.66. The first-order chi connectivity index (χ1) is 15.4. The zero-order chi connectivity index (χ0) is 23.1. The maximum Gasteiger partial charge on any atom is 0.330 e. The molecule has 1 aliphatic heterocycles. The number of hydrogen-bond acceptors (Lipinski definition) is 6.